The van der Waals surface area contributed by atoms with E-state index in [0.29, 0.717) is 12.4 Å². The summed E-state index contributed by atoms with van der Waals surface area (Å²) in [7, 11) is 0. The van der Waals surface area contributed by atoms with Crippen LogP contribution in [0.5, 0.6) is 0 Å². The SMILES string of the molecule is CCOC(=O)CSC(=S)CC. The predicted molar refractivity (Wildman–Crippen MR) is 52.0 cm³/mol. The maximum absolute atomic E-state index is 10.8. The first-order valence-corrected chi connectivity index (χ1v) is 4.91. The fourth-order valence-electron chi connectivity index (χ4n) is 0.444. The van der Waals surface area contributed by atoms with E-state index in [0.717, 1.165) is 10.6 Å². The van der Waals surface area contributed by atoms with Gasteiger partial charge in [-0.25, -0.2) is 0 Å². The van der Waals surface area contributed by atoms with Crippen LogP contribution in [-0.4, -0.2) is 22.5 Å². The van der Waals surface area contributed by atoms with Crippen molar-refractivity contribution in [2.24, 2.45) is 0 Å². The Morgan fingerprint density at radius 1 is 1.55 bits per heavy atom. The summed E-state index contributed by atoms with van der Waals surface area (Å²) in [4.78, 5) is 10.8. The molecule has 0 saturated carbocycles. The van der Waals surface area contributed by atoms with Crippen LogP contribution in [0.15, 0.2) is 0 Å². The highest BCUT2D eigenvalue weighted by atomic mass is 32.2. The molecule has 0 unspecified atom stereocenters. The van der Waals surface area contributed by atoms with Gasteiger partial charge in [0.15, 0.2) is 0 Å². The number of hydrogen-bond acceptors (Lipinski definition) is 4. The second-order valence-electron chi connectivity index (χ2n) is 1.82. The van der Waals surface area contributed by atoms with Gasteiger partial charge < -0.3 is 4.74 Å². The van der Waals surface area contributed by atoms with Crippen molar-refractivity contribution < 1.29 is 9.53 Å². The second-order valence-corrected chi connectivity index (χ2v) is 3.64. The lowest BCUT2D eigenvalue weighted by Gasteiger charge is -2.00. The number of thioether (sulfide) groups is 1. The van der Waals surface area contributed by atoms with E-state index in [1.807, 2.05) is 6.92 Å². The highest BCUT2D eigenvalue weighted by molar-refractivity contribution is 8.23. The third-order valence-corrected chi connectivity index (χ3v) is 2.58. The molecule has 0 amide bonds. The molecule has 64 valence electrons. The predicted octanol–water partition coefficient (Wildman–Crippen LogP) is 2.02. The van der Waals surface area contributed by atoms with E-state index in [4.69, 9.17) is 17.0 Å². The van der Waals surface area contributed by atoms with Gasteiger partial charge >= 0.3 is 5.97 Å². The van der Waals surface area contributed by atoms with Crippen LogP contribution in [0.3, 0.4) is 0 Å². The van der Waals surface area contributed by atoms with Crippen LogP contribution in [0.25, 0.3) is 0 Å². The van der Waals surface area contributed by atoms with E-state index in [-0.39, 0.29) is 5.97 Å². The monoisotopic (exact) mass is 192 g/mol. The van der Waals surface area contributed by atoms with Gasteiger partial charge in [-0.2, -0.15) is 0 Å². The molecule has 0 heterocycles. The van der Waals surface area contributed by atoms with Crippen LogP contribution in [0.2, 0.25) is 0 Å². The Morgan fingerprint density at radius 3 is 2.64 bits per heavy atom. The first-order chi connectivity index (χ1) is 5.20. The second kappa shape index (κ2) is 6.61. The average molecular weight is 192 g/mol. The van der Waals surface area contributed by atoms with Crippen LogP contribution in [0.1, 0.15) is 20.3 Å². The Morgan fingerprint density at radius 2 is 2.18 bits per heavy atom. The zero-order valence-corrected chi connectivity index (χ0v) is 8.39. The molecule has 0 aromatic carbocycles. The summed E-state index contributed by atoms with van der Waals surface area (Å²) in [6.07, 6.45) is 0.833. The van der Waals surface area contributed by atoms with Gasteiger partial charge in [-0.1, -0.05) is 19.1 Å². The first kappa shape index (κ1) is 10.9. The van der Waals surface area contributed by atoms with E-state index in [1.54, 1.807) is 6.92 Å². The summed E-state index contributed by atoms with van der Waals surface area (Å²) in [6.45, 7) is 4.21. The molecule has 0 fully saturated rings. The Labute approximate surface area is 76.7 Å². The van der Waals surface area contributed by atoms with Crippen molar-refractivity contribution in [1.29, 1.82) is 0 Å². The number of carbonyl (C=O) groups is 1. The molecule has 0 radical (unpaired) electrons. The lowest BCUT2D eigenvalue weighted by molar-refractivity contribution is -0.139. The highest BCUT2D eigenvalue weighted by Crippen LogP contribution is 2.07. The molecule has 0 spiro atoms. The third-order valence-electron chi connectivity index (χ3n) is 0.945. The van der Waals surface area contributed by atoms with E-state index in [9.17, 15) is 4.79 Å². The Bertz CT molecular complexity index is 145. The molecule has 0 aromatic rings. The van der Waals surface area contributed by atoms with Gasteiger partial charge in [0, 0.05) is 4.20 Å². The number of hydrogen-bond donors (Lipinski definition) is 0. The molecule has 0 bridgehead atoms. The molecule has 0 N–H and O–H groups in total. The normalized spacial score (nSPS) is 9.27. The van der Waals surface area contributed by atoms with Crippen molar-refractivity contribution in [3.05, 3.63) is 0 Å². The van der Waals surface area contributed by atoms with Gasteiger partial charge in [0.1, 0.15) is 0 Å². The van der Waals surface area contributed by atoms with E-state index in [2.05, 4.69) is 0 Å². The maximum Gasteiger partial charge on any atom is 0.316 e. The maximum atomic E-state index is 10.8. The highest BCUT2D eigenvalue weighted by Gasteiger charge is 2.02. The molecule has 0 aliphatic heterocycles. The molecule has 0 aliphatic carbocycles. The van der Waals surface area contributed by atoms with Crippen LogP contribution >= 0.6 is 24.0 Å². The average Bonchev–Trinajstić information content (AvgIpc) is 2.01. The molecule has 2 nitrogen and oxygen atoms in total. The molecule has 0 rings (SSSR count). The Balaban J connectivity index is 3.38. The van der Waals surface area contributed by atoms with E-state index < -0.39 is 0 Å². The number of esters is 1. The minimum atomic E-state index is -0.187. The summed E-state index contributed by atoms with van der Waals surface area (Å²) in [5, 5.41) is 0. The zero-order chi connectivity index (χ0) is 8.69. The van der Waals surface area contributed by atoms with Crippen molar-refractivity contribution in [2.75, 3.05) is 12.4 Å². The topological polar surface area (TPSA) is 26.3 Å². The summed E-state index contributed by atoms with van der Waals surface area (Å²) in [5.74, 6) is 0.161. The fourth-order valence-corrected chi connectivity index (χ4v) is 1.19. The van der Waals surface area contributed by atoms with Crippen molar-refractivity contribution in [2.45, 2.75) is 20.3 Å². The standard InChI is InChI=1S/C7H12O2S2/c1-3-7(10)11-5-6(8)9-4-2/h3-5H2,1-2H3. The fraction of sp³-hybridized carbons (Fsp3) is 0.714. The van der Waals surface area contributed by atoms with Crippen LogP contribution < -0.4 is 0 Å². The molecule has 0 aliphatic rings. The van der Waals surface area contributed by atoms with Gasteiger partial charge in [0.05, 0.1) is 12.4 Å². The van der Waals surface area contributed by atoms with E-state index >= 15 is 0 Å². The summed E-state index contributed by atoms with van der Waals surface area (Å²) in [5.41, 5.74) is 0. The lowest BCUT2D eigenvalue weighted by atomic mass is 10.6. The van der Waals surface area contributed by atoms with Crippen molar-refractivity contribution in [1.82, 2.24) is 0 Å². The van der Waals surface area contributed by atoms with Crippen molar-refractivity contribution in [3.8, 4) is 0 Å². The minimum Gasteiger partial charge on any atom is -0.465 e. The number of rotatable bonds is 4. The molecule has 11 heavy (non-hydrogen) atoms. The van der Waals surface area contributed by atoms with Gasteiger partial charge in [-0.3, -0.25) is 4.79 Å². The van der Waals surface area contributed by atoms with Crippen LogP contribution in [0.4, 0.5) is 0 Å². The summed E-state index contributed by atoms with van der Waals surface area (Å²) < 4.78 is 5.58. The molecular weight excluding hydrogens is 180 g/mol. The smallest absolute Gasteiger partial charge is 0.316 e. The number of ether oxygens (including phenoxy) is 1. The summed E-state index contributed by atoms with van der Waals surface area (Å²) in [6, 6.07) is 0. The van der Waals surface area contributed by atoms with Gasteiger partial charge in [-0.05, 0) is 13.3 Å². The molecule has 0 atom stereocenters. The third kappa shape index (κ3) is 6.31. The molecular formula is C7H12O2S2. The molecule has 4 heteroatoms. The Kier molecular flexibility index (Phi) is 6.56. The molecule has 0 aromatic heterocycles. The zero-order valence-electron chi connectivity index (χ0n) is 6.75. The van der Waals surface area contributed by atoms with Gasteiger partial charge in [-0.15, -0.1) is 11.8 Å². The lowest BCUT2D eigenvalue weighted by Crippen LogP contribution is -2.07. The van der Waals surface area contributed by atoms with Gasteiger partial charge in [0.25, 0.3) is 0 Å². The quantitative estimate of drug-likeness (QED) is 0.503. The van der Waals surface area contributed by atoms with Crippen molar-refractivity contribution in [3.63, 3.8) is 0 Å². The van der Waals surface area contributed by atoms with Crippen LogP contribution in [-0.2, 0) is 9.53 Å². The number of thiocarbonyl (C=S) groups is 1. The Hall–Kier alpha value is -0.0900. The summed E-state index contributed by atoms with van der Waals surface area (Å²) >= 11 is 6.29. The largest absolute Gasteiger partial charge is 0.465 e. The van der Waals surface area contributed by atoms with Crippen LogP contribution in [0, 0.1) is 0 Å². The number of carbonyl (C=O) groups excluding carboxylic acids is 1. The van der Waals surface area contributed by atoms with Crippen molar-refractivity contribution >= 4 is 34.1 Å². The van der Waals surface area contributed by atoms with E-state index in [1.165, 1.54) is 11.8 Å². The minimum absolute atomic E-state index is 0.187. The first-order valence-electron chi connectivity index (χ1n) is 3.52. The van der Waals surface area contributed by atoms with Gasteiger partial charge in [0.2, 0.25) is 0 Å². The molecule has 0 saturated heterocycles.